The number of methoxy groups -OCH3 is 1. The molecule has 0 amide bonds. The summed E-state index contributed by atoms with van der Waals surface area (Å²) in [6.07, 6.45) is 3.93. The fourth-order valence-corrected chi connectivity index (χ4v) is 3.90. The van der Waals surface area contributed by atoms with Crippen LogP contribution in [-0.4, -0.2) is 44.2 Å². The summed E-state index contributed by atoms with van der Waals surface area (Å²) in [6.45, 7) is 0.352. The highest BCUT2D eigenvalue weighted by Gasteiger charge is 2.42. The fraction of sp³-hybridized carbons (Fsp3) is 0.462. The second-order valence-electron chi connectivity index (χ2n) is 4.88. The molecule has 1 saturated carbocycles. The van der Waals surface area contributed by atoms with Gasteiger partial charge in [-0.05, 0) is 37.3 Å². The minimum Gasteiger partial charge on any atom is -0.496 e. The van der Waals surface area contributed by atoms with E-state index in [9.17, 15) is 13.2 Å². The maximum Gasteiger partial charge on any atom is 0.339 e. The van der Waals surface area contributed by atoms with Gasteiger partial charge in [0.05, 0.1) is 12.0 Å². The zero-order valence-electron chi connectivity index (χ0n) is 11.8. The second-order valence-corrected chi connectivity index (χ2v) is 7.92. The van der Waals surface area contributed by atoms with Crippen LogP contribution in [0.2, 0.25) is 0 Å². The normalized spacial score (nSPS) is 16.5. The van der Waals surface area contributed by atoms with E-state index in [0.29, 0.717) is 6.54 Å². The molecule has 2 N–H and O–H groups in total. The highest BCUT2D eigenvalue weighted by atomic mass is 32.2. The van der Waals surface area contributed by atoms with Crippen molar-refractivity contribution in [2.45, 2.75) is 22.5 Å². The van der Waals surface area contributed by atoms with Gasteiger partial charge in [0.1, 0.15) is 11.3 Å². The van der Waals surface area contributed by atoms with Crippen LogP contribution in [-0.2, 0) is 10.0 Å². The molecule has 1 aliphatic carbocycles. The third kappa shape index (κ3) is 3.50. The lowest BCUT2D eigenvalue weighted by molar-refractivity contribution is 0.0693. The molecule has 116 valence electrons. The Kier molecular flexibility index (Phi) is 4.50. The molecule has 1 aromatic rings. The van der Waals surface area contributed by atoms with E-state index in [-0.39, 0.29) is 21.0 Å². The highest BCUT2D eigenvalue weighted by Crippen LogP contribution is 2.46. The minimum atomic E-state index is -3.73. The molecular weight excluding hydrogens is 314 g/mol. The lowest BCUT2D eigenvalue weighted by Gasteiger charge is -2.14. The molecule has 0 heterocycles. The number of aromatic carboxylic acids is 1. The zero-order valence-corrected chi connectivity index (χ0v) is 13.4. The van der Waals surface area contributed by atoms with E-state index in [4.69, 9.17) is 9.84 Å². The molecular formula is C13H17NO5S2. The number of carbonyl (C=O) groups is 1. The Morgan fingerprint density at radius 1 is 1.48 bits per heavy atom. The summed E-state index contributed by atoms with van der Waals surface area (Å²) in [5.41, 5.74) is -0.175. The van der Waals surface area contributed by atoms with Crippen molar-refractivity contribution < 1.29 is 23.1 Å². The summed E-state index contributed by atoms with van der Waals surface area (Å²) in [5.74, 6) is -1.10. The van der Waals surface area contributed by atoms with Gasteiger partial charge in [-0.1, -0.05) is 0 Å². The Balaban J connectivity index is 2.23. The predicted octanol–water partition coefficient (Wildman–Crippen LogP) is 1.57. The van der Waals surface area contributed by atoms with Gasteiger partial charge in [0.25, 0.3) is 0 Å². The quantitative estimate of drug-likeness (QED) is 0.788. The molecule has 1 fully saturated rings. The maximum absolute atomic E-state index is 12.2. The van der Waals surface area contributed by atoms with Crippen LogP contribution in [0, 0.1) is 0 Å². The molecule has 1 aromatic carbocycles. The number of carboxylic acid groups (broad SMARTS) is 1. The third-order valence-electron chi connectivity index (χ3n) is 3.54. The van der Waals surface area contributed by atoms with Gasteiger partial charge in [-0.3, -0.25) is 0 Å². The summed E-state index contributed by atoms with van der Waals surface area (Å²) in [5, 5.41) is 9.10. The summed E-state index contributed by atoms with van der Waals surface area (Å²) >= 11 is 1.65. The van der Waals surface area contributed by atoms with Gasteiger partial charge >= 0.3 is 5.97 Å². The van der Waals surface area contributed by atoms with E-state index in [1.54, 1.807) is 11.8 Å². The van der Waals surface area contributed by atoms with E-state index < -0.39 is 16.0 Å². The van der Waals surface area contributed by atoms with Crippen molar-refractivity contribution in [3.63, 3.8) is 0 Å². The van der Waals surface area contributed by atoms with Crippen molar-refractivity contribution in [1.29, 1.82) is 0 Å². The lowest BCUT2D eigenvalue weighted by Crippen LogP contribution is -2.31. The van der Waals surface area contributed by atoms with Crippen molar-refractivity contribution in [2.24, 2.45) is 0 Å². The molecule has 8 heteroatoms. The number of benzene rings is 1. The van der Waals surface area contributed by atoms with Gasteiger partial charge < -0.3 is 9.84 Å². The first-order valence-corrected chi connectivity index (χ1v) is 9.00. The SMILES string of the molecule is COc1ccc(S(=O)(=O)NCC2(SC)CC2)cc1C(=O)O. The van der Waals surface area contributed by atoms with E-state index in [1.165, 1.54) is 19.2 Å². The van der Waals surface area contributed by atoms with Crippen LogP contribution in [0.1, 0.15) is 23.2 Å². The Bertz CT molecular complexity index is 653. The Morgan fingerprint density at radius 2 is 2.14 bits per heavy atom. The smallest absolute Gasteiger partial charge is 0.339 e. The van der Waals surface area contributed by atoms with Gasteiger partial charge in [0, 0.05) is 11.3 Å². The van der Waals surface area contributed by atoms with Crippen molar-refractivity contribution in [1.82, 2.24) is 4.72 Å². The lowest BCUT2D eigenvalue weighted by atomic mass is 10.2. The van der Waals surface area contributed by atoms with Crippen LogP contribution in [0.15, 0.2) is 23.1 Å². The standard InChI is InChI=1S/C13H17NO5S2/c1-19-11-4-3-9(7-10(11)12(15)16)21(17,18)14-8-13(20-2)5-6-13/h3-4,7,14H,5-6,8H2,1-2H3,(H,15,16). The number of ether oxygens (including phenoxy) is 1. The molecule has 21 heavy (non-hydrogen) atoms. The molecule has 0 aromatic heterocycles. The summed E-state index contributed by atoms with van der Waals surface area (Å²) in [7, 11) is -2.39. The van der Waals surface area contributed by atoms with Gasteiger partial charge in [0.15, 0.2) is 0 Å². The van der Waals surface area contributed by atoms with E-state index in [1.807, 2.05) is 6.26 Å². The molecule has 0 spiro atoms. The average molecular weight is 331 g/mol. The number of sulfonamides is 1. The summed E-state index contributed by atoms with van der Waals surface area (Å²) < 4.78 is 31.9. The summed E-state index contributed by atoms with van der Waals surface area (Å²) in [4.78, 5) is 11.1. The topological polar surface area (TPSA) is 92.7 Å². The van der Waals surface area contributed by atoms with Crippen LogP contribution in [0.25, 0.3) is 0 Å². The van der Waals surface area contributed by atoms with Crippen LogP contribution < -0.4 is 9.46 Å². The van der Waals surface area contributed by atoms with Crippen LogP contribution in [0.5, 0.6) is 5.75 Å². The third-order valence-corrected chi connectivity index (χ3v) is 6.35. The van der Waals surface area contributed by atoms with Crippen molar-refractivity contribution in [3.8, 4) is 5.75 Å². The summed E-state index contributed by atoms with van der Waals surface area (Å²) in [6, 6.07) is 3.80. The zero-order chi connectivity index (χ0) is 15.7. The second kappa shape index (κ2) is 5.86. The molecule has 0 aliphatic heterocycles. The molecule has 0 bridgehead atoms. The first kappa shape index (κ1) is 16.1. The molecule has 0 radical (unpaired) electrons. The van der Waals surface area contributed by atoms with E-state index >= 15 is 0 Å². The van der Waals surface area contributed by atoms with E-state index in [2.05, 4.69) is 4.72 Å². The Morgan fingerprint density at radius 3 is 2.62 bits per heavy atom. The van der Waals surface area contributed by atoms with Gasteiger partial charge in [-0.2, -0.15) is 11.8 Å². The minimum absolute atomic E-state index is 0.00479. The van der Waals surface area contributed by atoms with Gasteiger partial charge in [-0.15, -0.1) is 0 Å². The van der Waals surface area contributed by atoms with Gasteiger partial charge in [-0.25, -0.2) is 17.9 Å². The number of rotatable bonds is 7. The number of hydrogen-bond donors (Lipinski definition) is 2. The largest absolute Gasteiger partial charge is 0.496 e. The predicted molar refractivity (Wildman–Crippen MR) is 80.6 cm³/mol. The van der Waals surface area contributed by atoms with Crippen molar-refractivity contribution in [2.75, 3.05) is 19.9 Å². The Hall–Kier alpha value is -1.25. The molecule has 2 rings (SSSR count). The van der Waals surface area contributed by atoms with E-state index in [0.717, 1.165) is 18.9 Å². The first-order valence-electron chi connectivity index (χ1n) is 6.30. The average Bonchev–Trinajstić information content (AvgIpc) is 3.25. The molecule has 0 atom stereocenters. The molecule has 0 saturated heterocycles. The fourth-order valence-electron chi connectivity index (χ4n) is 1.92. The van der Waals surface area contributed by atoms with Crippen LogP contribution in [0.4, 0.5) is 0 Å². The number of carboxylic acids is 1. The molecule has 1 aliphatic rings. The Labute approximate surface area is 127 Å². The van der Waals surface area contributed by atoms with Crippen molar-refractivity contribution in [3.05, 3.63) is 23.8 Å². The number of hydrogen-bond acceptors (Lipinski definition) is 5. The molecule has 0 unspecified atom stereocenters. The van der Waals surface area contributed by atoms with Gasteiger partial charge in [0.2, 0.25) is 10.0 Å². The monoisotopic (exact) mass is 331 g/mol. The highest BCUT2D eigenvalue weighted by molar-refractivity contribution is 8.00. The number of nitrogens with one attached hydrogen (secondary N) is 1. The van der Waals surface area contributed by atoms with Crippen molar-refractivity contribution >= 4 is 27.8 Å². The maximum atomic E-state index is 12.2. The first-order chi connectivity index (χ1) is 9.83. The molecule has 6 nitrogen and oxygen atoms in total. The van der Waals surface area contributed by atoms with Crippen LogP contribution in [0.3, 0.4) is 0 Å². The van der Waals surface area contributed by atoms with Crippen LogP contribution >= 0.6 is 11.8 Å². The number of thioether (sulfide) groups is 1.